The molecule has 0 aromatic rings. The molecule has 6 heteroatoms. The minimum atomic E-state index is 0.170. The van der Waals surface area contributed by atoms with Crippen LogP contribution in [-0.4, -0.2) is 67.5 Å². The molecule has 1 fully saturated rings. The van der Waals surface area contributed by atoms with Gasteiger partial charge in [0.1, 0.15) is 0 Å². The quantitative estimate of drug-likeness (QED) is 0.511. The maximum absolute atomic E-state index is 11.2. The maximum atomic E-state index is 11.2. The SMILES string of the molecule is CCCN=C(N)NCCN1CCN(C(C)=O)CC1. The molecule has 0 bridgehead atoms. The molecule has 1 rings (SSSR count). The number of rotatable bonds is 5. The fourth-order valence-corrected chi connectivity index (χ4v) is 1.92. The van der Waals surface area contributed by atoms with E-state index in [9.17, 15) is 4.79 Å². The van der Waals surface area contributed by atoms with E-state index in [1.807, 2.05) is 4.90 Å². The van der Waals surface area contributed by atoms with E-state index in [1.54, 1.807) is 6.92 Å². The molecule has 0 saturated carbocycles. The second-order valence-corrected chi connectivity index (χ2v) is 4.54. The van der Waals surface area contributed by atoms with E-state index in [1.165, 1.54) is 0 Å². The topological polar surface area (TPSA) is 74.0 Å². The second kappa shape index (κ2) is 7.92. The Balaban J connectivity index is 2.13. The number of carbonyl (C=O) groups is 1. The number of guanidine groups is 1. The van der Waals surface area contributed by atoms with Crippen molar-refractivity contribution < 1.29 is 4.79 Å². The molecule has 1 saturated heterocycles. The zero-order valence-corrected chi connectivity index (χ0v) is 11.5. The van der Waals surface area contributed by atoms with Gasteiger partial charge in [0, 0.05) is 52.7 Å². The maximum Gasteiger partial charge on any atom is 0.219 e. The number of nitrogens with one attached hydrogen (secondary N) is 1. The monoisotopic (exact) mass is 255 g/mol. The Kier molecular flexibility index (Phi) is 6.49. The smallest absolute Gasteiger partial charge is 0.219 e. The summed E-state index contributed by atoms with van der Waals surface area (Å²) in [5, 5.41) is 3.10. The molecule has 0 atom stereocenters. The lowest BCUT2D eigenvalue weighted by Crippen LogP contribution is -2.50. The van der Waals surface area contributed by atoms with Crippen molar-refractivity contribution in [2.24, 2.45) is 10.7 Å². The van der Waals surface area contributed by atoms with Gasteiger partial charge in [0.05, 0.1) is 0 Å². The Labute approximate surface area is 109 Å². The molecule has 0 aliphatic carbocycles. The summed E-state index contributed by atoms with van der Waals surface area (Å²) in [5.41, 5.74) is 5.70. The largest absolute Gasteiger partial charge is 0.370 e. The molecule has 1 aliphatic rings. The third-order valence-corrected chi connectivity index (χ3v) is 3.06. The van der Waals surface area contributed by atoms with Gasteiger partial charge in [-0.3, -0.25) is 14.7 Å². The molecule has 6 nitrogen and oxygen atoms in total. The third kappa shape index (κ3) is 5.35. The number of nitrogens with zero attached hydrogens (tertiary/aromatic N) is 3. The Hall–Kier alpha value is -1.30. The number of carbonyl (C=O) groups excluding carboxylic acids is 1. The van der Waals surface area contributed by atoms with Crippen LogP contribution < -0.4 is 11.1 Å². The summed E-state index contributed by atoms with van der Waals surface area (Å²) in [5.74, 6) is 0.697. The van der Waals surface area contributed by atoms with Crippen molar-refractivity contribution in [3.63, 3.8) is 0 Å². The average molecular weight is 255 g/mol. The van der Waals surface area contributed by atoms with Crippen LogP contribution in [0, 0.1) is 0 Å². The minimum Gasteiger partial charge on any atom is -0.370 e. The predicted octanol–water partition coefficient (Wildman–Crippen LogP) is -0.535. The van der Waals surface area contributed by atoms with Crippen molar-refractivity contribution in [1.29, 1.82) is 0 Å². The Morgan fingerprint density at radius 2 is 2.00 bits per heavy atom. The molecule has 0 aromatic heterocycles. The van der Waals surface area contributed by atoms with Gasteiger partial charge in [0.2, 0.25) is 5.91 Å². The lowest BCUT2D eigenvalue weighted by molar-refractivity contribution is -0.130. The van der Waals surface area contributed by atoms with Crippen molar-refractivity contribution in [3.8, 4) is 0 Å². The number of aliphatic imine (C=N–C) groups is 1. The van der Waals surface area contributed by atoms with Crippen molar-refractivity contribution >= 4 is 11.9 Å². The molecule has 3 N–H and O–H groups in total. The summed E-state index contributed by atoms with van der Waals surface area (Å²) in [6.07, 6.45) is 1.01. The molecule has 18 heavy (non-hydrogen) atoms. The molecular weight excluding hydrogens is 230 g/mol. The van der Waals surface area contributed by atoms with Crippen LogP contribution in [0.1, 0.15) is 20.3 Å². The molecule has 104 valence electrons. The van der Waals surface area contributed by atoms with Crippen molar-refractivity contribution in [2.45, 2.75) is 20.3 Å². The molecule has 0 unspecified atom stereocenters. The normalized spacial score (nSPS) is 17.9. The summed E-state index contributed by atoms with van der Waals surface area (Å²) in [6, 6.07) is 0. The van der Waals surface area contributed by atoms with E-state index in [-0.39, 0.29) is 5.91 Å². The Bertz CT molecular complexity index is 284. The fourth-order valence-electron chi connectivity index (χ4n) is 1.92. The van der Waals surface area contributed by atoms with Crippen molar-refractivity contribution in [1.82, 2.24) is 15.1 Å². The standard InChI is InChI=1S/C12H25N5O/c1-3-4-14-12(13)15-5-6-16-7-9-17(10-8-16)11(2)18/h3-10H2,1-2H3,(H3,13,14,15). The predicted molar refractivity (Wildman–Crippen MR) is 73.5 cm³/mol. The second-order valence-electron chi connectivity index (χ2n) is 4.54. The van der Waals surface area contributed by atoms with Crippen molar-refractivity contribution in [3.05, 3.63) is 0 Å². The molecular formula is C12H25N5O. The molecule has 0 spiro atoms. The van der Waals surface area contributed by atoms with Crippen molar-refractivity contribution in [2.75, 3.05) is 45.8 Å². The molecule has 1 aliphatic heterocycles. The van der Waals surface area contributed by atoms with Crippen LogP contribution in [0.5, 0.6) is 0 Å². The first-order valence-electron chi connectivity index (χ1n) is 6.65. The van der Waals surface area contributed by atoms with Crippen LogP contribution in [0.15, 0.2) is 4.99 Å². The summed E-state index contributed by atoms with van der Waals surface area (Å²) in [4.78, 5) is 19.6. The van der Waals surface area contributed by atoms with Gasteiger partial charge < -0.3 is 16.0 Å². The lowest BCUT2D eigenvalue weighted by atomic mass is 10.3. The Morgan fingerprint density at radius 1 is 1.33 bits per heavy atom. The van der Waals surface area contributed by atoms with Gasteiger partial charge in [-0.05, 0) is 6.42 Å². The summed E-state index contributed by atoms with van der Waals surface area (Å²) < 4.78 is 0. The van der Waals surface area contributed by atoms with E-state index in [0.29, 0.717) is 5.96 Å². The number of piperazine rings is 1. The summed E-state index contributed by atoms with van der Waals surface area (Å²) >= 11 is 0. The lowest BCUT2D eigenvalue weighted by Gasteiger charge is -2.34. The van der Waals surface area contributed by atoms with Gasteiger partial charge in [-0.1, -0.05) is 6.92 Å². The van der Waals surface area contributed by atoms with E-state index in [0.717, 1.165) is 52.2 Å². The first-order valence-corrected chi connectivity index (χ1v) is 6.65. The highest BCUT2D eigenvalue weighted by Gasteiger charge is 2.17. The minimum absolute atomic E-state index is 0.170. The molecule has 0 aromatic carbocycles. The third-order valence-electron chi connectivity index (χ3n) is 3.06. The average Bonchev–Trinajstić information content (AvgIpc) is 2.37. The van der Waals surface area contributed by atoms with Crippen LogP contribution >= 0.6 is 0 Å². The van der Waals surface area contributed by atoms with Gasteiger partial charge in [-0.2, -0.15) is 0 Å². The highest BCUT2D eigenvalue weighted by Crippen LogP contribution is 2.00. The van der Waals surface area contributed by atoms with Gasteiger partial charge in [0.25, 0.3) is 0 Å². The van der Waals surface area contributed by atoms with E-state index >= 15 is 0 Å². The van der Waals surface area contributed by atoms with Gasteiger partial charge in [-0.25, -0.2) is 0 Å². The fraction of sp³-hybridized carbons (Fsp3) is 0.833. The van der Waals surface area contributed by atoms with E-state index in [4.69, 9.17) is 5.73 Å². The molecule has 1 amide bonds. The number of amides is 1. The zero-order valence-electron chi connectivity index (χ0n) is 11.5. The van der Waals surface area contributed by atoms with E-state index < -0.39 is 0 Å². The van der Waals surface area contributed by atoms with E-state index in [2.05, 4.69) is 22.1 Å². The highest BCUT2D eigenvalue weighted by atomic mass is 16.2. The highest BCUT2D eigenvalue weighted by molar-refractivity contribution is 5.77. The number of hydrogen-bond donors (Lipinski definition) is 2. The number of nitrogens with two attached hydrogens (primary N) is 1. The van der Waals surface area contributed by atoms with Crippen LogP contribution in [0.25, 0.3) is 0 Å². The van der Waals surface area contributed by atoms with Crippen LogP contribution in [-0.2, 0) is 4.79 Å². The van der Waals surface area contributed by atoms with Crippen LogP contribution in [0.3, 0.4) is 0 Å². The van der Waals surface area contributed by atoms with Gasteiger partial charge in [0.15, 0.2) is 5.96 Å². The summed E-state index contributed by atoms with van der Waals surface area (Å²) in [7, 11) is 0. The summed E-state index contributed by atoms with van der Waals surface area (Å²) in [6.45, 7) is 9.75. The van der Waals surface area contributed by atoms with Gasteiger partial charge >= 0.3 is 0 Å². The zero-order chi connectivity index (χ0) is 13.4. The molecule has 0 radical (unpaired) electrons. The van der Waals surface area contributed by atoms with Gasteiger partial charge in [-0.15, -0.1) is 0 Å². The first kappa shape index (κ1) is 14.8. The Morgan fingerprint density at radius 3 is 2.56 bits per heavy atom. The molecule has 1 heterocycles. The number of hydrogen-bond acceptors (Lipinski definition) is 3. The first-order chi connectivity index (χ1) is 8.63. The van der Waals surface area contributed by atoms with Crippen LogP contribution in [0.4, 0.5) is 0 Å². The van der Waals surface area contributed by atoms with Crippen LogP contribution in [0.2, 0.25) is 0 Å².